The fraction of sp³-hybridized carbons (Fsp3) is 0.250. The second-order valence-electron chi connectivity index (χ2n) is 5.22. The van der Waals surface area contributed by atoms with Gasteiger partial charge in [0.25, 0.3) is 0 Å². The summed E-state index contributed by atoms with van der Waals surface area (Å²) in [6, 6.07) is 13.3. The molecule has 2 unspecified atom stereocenters. The Balaban J connectivity index is 1.79. The molecule has 1 aliphatic carbocycles. The molecule has 0 aromatic heterocycles. The van der Waals surface area contributed by atoms with Crippen LogP contribution < -0.4 is 11.3 Å². The van der Waals surface area contributed by atoms with Gasteiger partial charge in [-0.25, -0.2) is 4.39 Å². The number of halogens is 2. The lowest BCUT2D eigenvalue weighted by Gasteiger charge is -2.33. The summed E-state index contributed by atoms with van der Waals surface area (Å²) in [5.74, 6) is 5.97. The molecule has 2 aromatic carbocycles. The van der Waals surface area contributed by atoms with Crippen LogP contribution in [0.1, 0.15) is 35.1 Å². The van der Waals surface area contributed by atoms with E-state index < -0.39 is 0 Å². The van der Waals surface area contributed by atoms with E-state index in [0.29, 0.717) is 5.92 Å². The van der Waals surface area contributed by atoms with Gasteiger partial charge in [0.2, 0.25) is 0 Å². The van der Waals surface area contributed by atoms with E-state index >= 15 is 0 Å². The molecule has 0 saturated carbocycles. The summed E-state index contributed by atoms with van der Waals surface area (Å²) in [6.07, 6.45) is 2.00. The summed E-state index contributed by atoms with van der Waals surface area (Å²) >= 11 is 3.41. The summed E-state index contributed by atoms with van der Waals surface area (Å²) < 4.78 is 13.9. The van der Waals surface area contributed by atoms with Crippen molar-refractivity contribution in [2.45, 2.75) is 24.8 Å². The molecule has 2 aromatic rings. The number of nitrogens with two attached hydrogens (primary N) is 1. The summed E-state index contributed by atoms with van der Waals surface area (Å²) in [4.78, 5) is 0. The molecule has 0 spiro atoms. The zero-order valence-electron chi connectivity index (χ0n) is 10.9. The van der Waals surface area contributed by atoms with Crippen LogP contribution in [0.25, 0.3) is 0 Å². The second kappa shape index (κ2) is 5.64. The van der Waals surface area contributed by atoms with E-state index in [-0.39, 0.29) is 11.9 Å². The van der Waals surface area contributed by atoms with E-state index in [0.717, 1.165) is 22.9 Å². The topological polar surface area (TPSA) is 38.0 Å². The van der Waals surface area contributed by atoms with Gasteiger partial charge < -0.3 is 0 Å². The van der Waals surface area contributed by atoms with Gasteiger partial charge in [0.05, 0.1) is 0 Å². The van der Waals surface area contributed by atoms with E-state index in [2.05, 4.69) is 45.6 Å². The molecule has 0 fully saturated rings. The maximum atomic E-state index is 13.2. The number of hydrogen-bond donors (Lipinski definition) is 2. The summed E-state index contributed by atoms with van der Waals surface area (Å²) in [5.41, 5.74) is 6.69. The van der Waals surface area contributed by atoms with Gasteiger partial charge in [-0.05, 0) is 47.6 Å². The first-order valence-electron chi connectivity index (χ1n) is 6.68. The van der Waals surface area contributed by atoms with Crippen molar-refractivity contribution in [3.05, 3.63) is 69.4 Å². The lowest BCUT2D eigenvalue weighted by molar-refractivity contribution is 0.434. The Morgan fingerprint density at radius 3 is 2.80 bits per heavy atom. The van der Waals surface area contributed by atoms with Gasteiger partial charge in [-0.3, -0.25) is 11.3 Å². The molecule has 0 saturated heterocycles. The van der Waals surface area contributed by atoms with Crippen LogP contribution in [0.15, 0.2) is 46.9 Å². The van der Waals surface area contributed by atoms with Gasteiger partial charge in [-0.2, -0.15) is 0 Å². The molecule has 3 rings (SSSR count). The predicted molar refractivity (Wildman–Crippen MR) is 81.7 cm³/mol. The Labute approximate surface area is 126 Å². The minimum absolute atomic E-state index is 0.0170. The zero-order valence-corrected chi connectivity index (χ0v) is 12.5. The maximum Gasteiger partial charge on any atom is 0.124 e. The average molecular weight is 335 g/mol. The van der Waals surface area contributed by atoms with E-state index in [1.54, 1.807) is 6.07 Å². The van der Waals surface area contributed by atoms with Crippen molar-refractivity contribution in [1.29, 1.82) is 0 Å². The monoisotopic (exact) mass is 334 g/mol. The molecule has 3 N–H and O–H groups in total. The Morgan fingerprint density at radius 2 is 2.10 bits per heavy atom. The third kappa shape index (κ3) is 2.51. The smallest absolute Gasteiger partial charge is 0.124 e. The number of nitrogens with one attached hydrogen (secondary N) is 1. The molecule has 2 atom stereocenters. The third-order valence-corrected chi connectivity index (χ3v) is 4.71. The molecule has 104 valence electrons. The highest BCUT2D eigenvalue weighted by Gasteiger charge is 2.28. The van der Waals surface area contributed by atoms with E-state index in [1.165, 1.54) is 23.3 Å². The van der Waals surface area contributed by atoms with Gasteiger partial charge in [0.1, 0.15) is 5.82 Å². The Kier molecular flexibility index (Phi) is 3.87. The molecule has 20 heavy (non-hydrogen) atoms. The van der Waals surface area contributed by atoms with E-state index in [1.807, 2.05) is 0 Å². The van der Waals surface area contributed by atoms with Gasteiger partial charge in [-0.15, -0.1) is 0 Å². The first kappa shape index (κ1) is 13.7. The van der Waals surface area contributed by atoms with Crippen LogP contribution in [0.2, 0.25) is 0 Å². The molecule has 0 radical (unpaired) electrons. The van der Waals surface area contributed by atoms with Crippen LogP contribution >= 0.6 is 15.9 Å². The normalized spacial score (nSPS) is 18.2. The molecule has 0 aliphatic heterocycles. The van der Waals surface area contributed by atoms with Crippen molar-refractivity contribution in [3.8, 4) is 0 Å². The second-order valence-corrected chi connectivity index (χ2v) is 6.07. The third-order valence-electron chi connectivity index (χ3n) is 4.02. The highest BCUT2D eigenvalue weighted by Crippen LogP contribution is 2.41. The maximum absolute atomic E-state index is 13.2. The molecular formula is C16H16BrFN2. The highest BCUT2D eigenvalue weighted by molar-refractivity contribution is 9.10. The van der Waals surface area contributed by atoms with Crippen molar-refractivity contribution in [2.75, 3.05) is 0 Å². The number of hydrogen-bond acceptors (Lipinski definition) is 2. The van der Waals surface area contributed by atoms with Crippen LogP contribution in [0.5, 0.6) is 0 Å². The van der Waals surface area contributed by atoms with Crippen LogP contribution in [0.3, 0.4) is 0 Å². The van der Waals surface area contributed by atoms with Crippen LogP contribution in [0, 0.1) is 5.82 Å². The van der Waals surface area contributed by atoms with E-state index in [9.17, 15) is 4.39 Å². The number of benzene rings is 2. The van der Waals surface area contributed by atoms with Gasteiger partial charge >= 0.3 is 0 Å². The lowest BCUT2D eigenvalue weighted by atomic mass is 9.74. The average Bonchev–Trinajstić information content (AvgIpc) is 2.41. The predicted octanol–water partition coefficient (Wildman–Crippen LogP) is 3.82. The SMILES string of the molecule is NNC(CC1Cc2ccccc21)c1ccc(F)cc1Br. The van der Waals surface area contributed by atoms with Gasteiger partial charge in [0, 0.05) is 10.5 Å². The molecule has 0 amide bonds. The lowest BCUT2D eigenvalue weighted by Crippen LogP contribution is -2.31. The highest BCUT2D eigenvalue weighted by atomic mass is 79.9. The quantitative estimate of drug-likeness (QED) is 0.658. The minimum Gasteiger partial charge on any atom is -0.271 e. The molecule has 1 aliphatic rings. The molecule has 2 nitrogen and oxygen atoms in total. The summed E-state index contributed by atoms with van der Waals surface area (Å²) in [6.45, 7) is 0. The summed E-state index contributed by atoms with van der Waals surface area (Å²) in [7, 11) is 0. The van der Waals surface area contributed by atoms with Crippen molar-refractivity contribution >= 4 is 15.9 Å². The fourth-order valence-electron chi connectivity index (χ4n) is 2.93. The largest absolute Gasteiger partial charge is 0.271 e. The van der Waals surface area contributed by atoms with Crippen molar-refractivity contribution in [3.63, 3.8) is 0 Å². The first-order valence-corrected chi connectivity index (χ1v) is 7.47. The molecular weight excluding hydrogens is 319 g/mol. The van der Waals surface area contributed by atoms with E-state index in [4.69, 9.17) is 5.84 Å². The van der Waals surface area contributed by atoms with Crippen molar-refractivity contribution in [1.82, 2.24) is 5.43 Å². The fourth-order valence-corrected chi connectivity index (χ4v) is 3.55. The molecule has 0 heterocycles. The Bertz CT molecular complexity index is 630. The molecule has 0 bridgehead atoms. The zero-order chi connectivity index (χ0) is 14.1. The Hall–Kier alpha value is -1.23. The van der Waals surface area contributed by atoms with Crippen LogP contribution in [-0.4, -0.2) is 0 Å². The van der Waals surface area contributed by atoms with Crippen molar-refractivity contribution < 1.29 is 4.39 Å². The number of fused-ring (bicyclic) bond motifs is 1. The first-order chi connectivity index (χ1) is 9.69. The van der Waals surface area contributed by atoms with Gasteiger partial charge in [-0.1, -0.05) is 46.3 Å². The molecule has 4 heteroatoms. The minimum atomic E-state index is -0.245. The summed E-state index contributed by atoms with van der Waals surface area (Å²) in [5, 5.41) is 0. The van der Waals surface area contributed by atoms with Gasteiger partial charge in [0.15, 0.2) is 0 Å². The standard InChI is InChI=1S/C16H16BrFN2/c17-15-9-12(18)5-6-14(15)16(20-19)8-11-7-10-3-1-2-4-13(10)11/h1-6,9,11,16,20H,7-8,19H2. The van der Waals surface area contributed by atoms with Crippen molar-refractivity contribution in [2.24, 2.45) is 5.84 Å². The van der Waals surface area contributed by atoms with Crippen LogP contribution in [-0.2, 0) is 6.42 Å². The Morgan fingerprint density at radius 1 is 1.30 bits per heavy atom. The number of rotatable bonds is 4. The number of hydrazine groups is 1. The van der Waals surface area contributed by atoms with Crippen LogP contribution in [0.4, 0.5) is 4.39 Å².